The van der Waals surface area contributed by atoms with Crippen molar-refractivity contribution in [2.24, 2.45) is 5.73 Å². The molecule has 0 fully saturated rings. The maximum atomic E-state index is 11.1. The number of amides is 1. The molecule has 21 heavy (non-hydrogen) atoms. The zero-order valence-corrected chi connectivity index (χ0v) is 12.5. The van der Waals surface area contributed by atoms with Crippen molar-refractivity contribution in [1.82, 2.24) is 0 Å². The molecule has 0 atom stereocenters. The highest BCUT2D eigenvalue weighted by Crippen LogP contribution is 2.20. The van der Waals surface area contributed by atoms with Gasteiger partial charge in [-0.3, -0.25) is 4.79 Å². The zero-order valence-electron chi connectivity index (χ0n) is 11.7. The van der Waals surface area contributed by atoms with Crippen LogP contribution in [0.5, 0.6) is 0 Å². The predicted molar refractivity (Wildman–Crippen MR) is 84.5 cm³/mol. The number of anilines is 1. The van der Waals surface area contributed by atoms with E-state index in [2.05, 4.69) is 5.32 Å². The molecule has 3 N–H and O–H groups in total. The molecule has 1 amide bonds. The number of nitrogens with two attached hydrogens (primary N) is 1. The van der Waals surface area contributed by atoms with Crippen molar-refractivity contribution in [3.63, 3.8) is 0 Å². The van der Waals surface area contributed by atoms with Crippen molar-refractivity contribution in [2.75, 3.05) is 12.4 Å². The topological polar surface area (TPSA) is 64.3 Å². The third-order valence-electron chi connectivity index (χ3n) is 3.06. The maximum absolute atomic E-state index is 11.1. The van der Waals surface area contributed by atoms with Crippen LogP contribution in [0.15, 0.2) is 42.5 Å². The summed E-state index contributed by atoms with van der Waals surface area (Å²) < 4.78 is 5.11. The zero-order chi connectivity index (χ0) is 15.2. The maximum Gasteiger partial charge on any atom is 0.248 e. The van der Waals surface area contributed by atoms with Gasteiger partial charge in [0.1, 0.15) is 0 Å². The highest BCUT2D eigenvalue weighted by Gasteiger charge is 2.05. The Balaban J connectivity index is 2.06. The molecular weight excluding hydrogens is 288 g/mol. The third kappa shape index (κ3) is 4.21. The Bertz CT molecular complexity index is 644. The summed E-state index contributed by atoms with van der Waals surface area (Å²) in [5.74, 6) is -0.483. The van der Waals surface area contributed by atoms with Gasteiger partial charge in [0.25, 0.3) is 0 Å². The number of hydrogen-bond donors (Lipinski definition) is 2. The van der Waals surface area contributed by atoms with E-state index >= 15 is 0 Å². The van der Waals surface area contributed by atoms with E-state index < -0.39 is 5.91 Å². The lowest BCUT2D eigenvalue weighted by molar-refractivity contribution is 0.100. The van der Waals surface area contributed by atoms with Crippen molar-refractivity contribution in [3.8, 4) is 0 Å². The summed E-state index contributed by atoms with van der Waals surface area (Å²) in [6.07, 6.45) is 0. The molecule has 0 aliphatic rings. The molecular formula is C16H17ClN2O2. The van der Waals surface area contributed by atoms with Crippen molar-refractivity contribution < 1.29 is 9.53 Å². The van der Waals surface area contributed by atoms with Gasteiger partial charge in [-0.2, -0.15) is 0 Å². The summed E-state index contributed by atoms with van der Waals surface area (Å²) in [7, 11) is 1.67. The van der Waals surface area contributed by atoms with E-state index in [1.807, 2.05) is 24.3 Å². The number of hydrogen-bond acceptors (Lipinski definition) is 3. The molecule has 0 spiro atoms. The van der Waals surface area contributed by atoms with Gasteiger partial charge in [-0.05, 0) is 35.4 Å². The first kappa shape index (κ1) is 15.4. The first-order chi connectivity index (χ1) is 10.1. The van der Waals surface area contributed by atoms with Crippen LogP contribution in [0.3, 0.4) is 0 Å². The summed E-state index contributed by atoms with van der Waals surface area (Å²) in [5.41, 5.74) is 8.61. The van der Waals surface area contributed by atoms with Crippen LogP contribution in [0.4, 0.5) is 5.69 Å². The SMILES string of the molecule is COCc1cccc(NCc2ccc(C(N)=O)cc2Cl)c1. The van der Waals surface area contributed by atoms with E-state index in [1.165, 1.54) is 0 Å². The molecule has 5 heteroatoms. The monoisotopic (exact) mass is 304 g/mol. The minimum Gasteiger partial charge on any atom is -0.381 e. The number of ether oxygens (including phenoxy) is 1. The molecule has 4 nitrogen and oxygen atoms in total. The van der Waals surface area contributed by atoms with Crippen molar-refractivity contribution in [3.05, 3.63) is 64.2 Å². The van der Waals surface area contributed by atoms with Gasteiger partial charge in [-0.15, -0.1) is 0 Å². The quantitative estimate of drug-likeness (QED) is 0.861. The minimum absolute atomic E-state index is 0.408. The molecule has 0 unspecified atom stereocenters. The third-order valence-corrected chi connectivity index (χ3v) is 3.41. The van der Waals surface area contributed by atoms with Gasteiger partial charge in [-0.1, -0.05) is 29.8 Å². The summed E-state index contributed by atoms with van der Waals surface area (Å²) in [5, 5.41) is 3.81. The Labute approximate surface area is 128 Å². The number of carbonyl (C=O) groups is 1. The van der Waals surface area contributed by atoms with E-state index in [0.29, 0.717) is 23.7 Å². The highest BCUT2D eigenvalue weighted by molar-refractivity contribution is 6.31. The second-order valence-electron chi connectivity index (χ2n) is 4.66. The summed E-state index contributed by atoms with van der Waals surface area (Å²) in [6.45, 7) is 1.14. The molecule has 0 aromatic heterocycles. The number of carbonyl (C=O) groups excluding carboxylic acids is 1. The van der Waals surface area contributed by atoms with Gasteiger partial charge in [0.15, 0.2) is 0 Å². The second kappa shape index (κ2) is 7.11. The highest BCUT2D eigenvalue weighted by atomic mass is 35.5. The fourth-order valence-electron chi connectivity index (χ4n) is 1.98. The minimum atomic E-state index is -0.483. The first-order valence-corrected chi connectivity index (χ1v) is 6.88. The number of benzene rings is 2. The number of halogens is 1. The number of rotatable bonds is 6. The lowest BCUT2D eigenvalue weighted by atomic mass is 10.1. The van der Waals surface area contributed by atoms with Crippen molar-refractivity contribution in [1.29, 1.82) is 0 Å². The molecule has 2 aromatic rings. The van der Waals surface area contributed by atoms with Crippen LogP contribution < -0.4 is 11.1 Å². The van der Waals surface area contributed by atoms with Crippen LogP contribution in [0.1, 0.15) is 21.5 Å². The van der Waals surface area contributed by atoms with Gasteiger partial charge < -0.3 is 15.8 Å². The predicted octanol–water partition coefficient (Wildman–Crippen LogP) is 3.20. The average Bonchev–Trinajstić information content (AvgIpc) is 2.46. The van der Waals surface area contributed by atoms with Gasteiger partial charge in [0, 0.05) is 29.9 Å². The van der Waals surface area contributed by atoms with Gasteiger partial charge in [0.2, 0.25) is 5.91 Å². The molecule has 0 aliphatic heterocycles. The normalized spacial score (nSPS) is 10.4. The van der Waals surface area contributed by atoms with Crippen LogP contribution in [0, 0.1) is 0 Å². The van der Waals surface area contributed by atoms with Crippen molar-refractivity contribution >= 4 is 23.2 Å². The Morgan fingerprint density at radius 2 is 2.10 bits per heavy atom. The Morgan fingerprint density at radius 1 is 1.29 bits per heavy atom. The first-order valence-electron chi connectivity index (χ1n) is 6.50. The van der Waals surface area contributed by atoms with Gasteiger partial charge in [-0.25, -0.2) is 0 Å². The molecule has 0 aliphatic carbocycles. The van der Waals surface area contributed by atoms with Gasteiger partial charge in [0.05, 0.1) is 6.61 Å². The number of primary amides is 1. The van der Waals surface area contributed by atoms with Crippen LogP contribution >= 0.6 is 11.6 Å². The van der Waals surface area contributed by atoms with Crippen molar-refractivity contribution in [2.45, 2.75) is 13.2 Å². The Hall–Kier alpha value is -2.04. The van der Waals surface area contributed by atoms with Gasteiger partial charge >= 0.3 is 0 Å². The molecule has 0 radical (unpaired) electrons. The molecule has 110 valence electrons. The Morgan fingerprint density at radius 3 is 2.76 bits per heavy atom. The Kier molecular flexibility index (Phi) is 5.20. The molecule has 2 rings (SSSR count). The number of methoxy groups -OCH3 is 1. The summed E-state index contributed by atoms with van der Waals surface area (Å²) in [6, 6.07) is 13.0. The van der Waals surface area contributed by atoms with Crippen LogP contribution in [-0.2, 0) is 17.9 Å². The molecule has 0 heterocycles. The number of nitrogens with one attached hydrogen (secondary N) is 1. The summed E-state index contributed by atoms with van der Waals surface area (Å²) >= 11 is 6.15. The van der Waals surface area contributed by atoms with Crippen LogP contribution in [0.2, 0.25) is 5.02 Å². The van der Waals surface area contributed by atoms with E-state index in [-0.39, 0.29) is 0 Å². The van der Waals surface area contributed by atoms with E-state index in [9.17, 15) is 4.79 Å². The lowest BCUT2D eigenvalue weighted by Crippen LogP contribution is -2.11. The van der Waals surface area contributed by atoms with E-state index in [4.69, 9.17) is 22.1 Å². The molecule has 0 saturated carbocycles. The fourth-order valence-corrected chi connectivity index (χ4v) is 2.23. The fraction of sp³-hybridized carbons (Fsp3) is 0.188. The molecule has 0 bridgehead atoms. The van der Waals surface area contributed by atoms with E-state index in [1.54, 1.807) is 25.3 Å². The standard InChI is InChI=1S/C16H17ClN2O2/c1-21-10-11-3-2-4-14(7-11)19-9-13-6-5-12(16(18)20)8-15(13)17/h2-8,19H,9-10H2,1H3,(H2,18,20). The van der Waals surface area contributed by atoms with E-state index in [0.717, 1.165) is 16.8 Å². The summed E-state index contributed by atoms with van der Waals surface area (Å²) in [4.78, 5) is 11.1. The lowest BCUT2D eigenvalue weighted by Gasteiger charge is -2.10. The smallest absolute Gasteiger partial charge is 0.248 e. The van der Waals surface area contributed by atoms with Crippen LogP contribution in [-0.4, -0.2) is 13.0 Å². The molecule has 2 aromatic carbocycles. The second-order valence-corrected chi connectivity index (χ2v) is 5.06. The molecule has 0 saturated heterocycles. The van der Waals surface area contributed by atoms with Crippen LogP contribution in [0.25, 0.3) is 0 Å². The largest absolute Gasteiger partial charge is 0.381 e. The average molecular weight is 305 g/mol.